The average Bonchev–Trinajstić information content (AvgIpc) is 3.54. The Morgan fingerprint density at radius 1 is 1.12 bits per heavy atom. The number of aryl methyl sites for hydroxylation is 1. The summed E-state index contributed by atoms with van der Waals surface area (Å²) in [6.07, 6.45) is 5.91. The molecular formula is C26H28FN3O2. The molecule has 0 atom stereocenters. The van der Waals surface area contributed by atoms with Crippen LogP contribution >= 0.6 is 0 Å². The van der Waals surface area contributed by atoms with Crippen molar-refractivity contribution in [3.05, 3.63) is 71.7 Å². The SMILES string of the molecule is CCc1nn(-c2ccccc2)c(Oc2cccc(F)c2)c1CN(C(=O)C1CCC1)C1CC1. The molecule has 5 nitrogen and oxygen atoms in total. The maximum atomic E-state index is 13.9. The van der Waals surface area contributed by atoms with Gasteiger partial charge in [0.05, 0.1) is 23.5 Å². The lowest BCUT2D eigenvalue weighted by Crippen LogP contribution is -2.40. The van der Waals surface area contributed by atoms with Gasteiger partial charge in [-0.05, 0) is 56.4 Å². The van der Waals surface area contributed by atoms with Crippen LogP contribution < -0.4 is 4.74 Å². The minimum Gasteiger partial charge on any atom is -0.438 e. The van der Waals surface area contributed by atoms with Gasteiger partial charge in [0.25, 0.3) is 0 Å². The second-order valence-electron chi connectivity index (χ2n) is 8.72. The van der Waals surface area contributed by atoms with E-state index in [0.29, 0.717) is 30.6 Å². The zero-order chi connectivity index (χ0) is 22.1. The Kier molecular flexibility index (Phi) is 5.68. The van der Waals surface area contributed by atoms with Crippen molar-refractivity contribution < 1.29 is 13.9 Å². The first-order valence-electron chi connectivity index (χ1n) is 11.5. The number of hydrogen-bond donors (Lipinski definition) is 0. The number of amides is 1. The maximum absolute atomic E-state index is 13.9. The monoisotopic (exact) mass is 433 g/mol. The van der Waals surface area contributed by atoms with Crippen LogP contribution in [-0.4, -0.2) is 26.6 Å². The summed E-state index contributed by atoms with van der Waals surface area (Å²) < 4.78 is 21.9. The predicted octanol–water partition coefficient (Wildman–Crippen LogP) is 5.66. The van der Waals surface area contributed by atoms with Crippen molar-refractivity contribution in [3.8, 4) is 17.3 Å². The van der Waals surface area contributed by atoms with E-state index < -0.39 is 0 Å². The van der Waals surface area contributed by atoms with Crippen LogP contribution in [0.4, 0.5) is 4.39 Å². The number of rotatable bonds is 8. The van der Waals surface area contributed by atoms with E-state index in [9.17, 15) is 9.18 Å². The smallest absolute Gasteiger partial charge is 0.227 e. The first-order valence-corrected chi connectivity index (χ1v) is 11.5. The van der Waals surface area contributed by atoms with E-state index in [4.69, 9.17) is 9.84 Å². The van der Waals surface area contributed by atoms with E-state index >= 15 is 0 Å². The van der Waals surface area contributed by atoms with Gasteiger partial charge in [0.1, 0.15) is 11.6 Å². The number of para-hydroxylation sites is 1. The molecule has 5 rings (SSSR count). The van der Waals surface area contributed by atoms with Crippen LogP contribution in [0.5, 0.6) is 11.6 Å². The third-order valence-electron chi connectivity index (χ3n) is 6.42. The molecule has 0 bridgehead atoms. The number of aromatic nitrogens is 2. The third-order valence-corrected chi connectivity index (χ3v) is 6.42. The van der Waals surface area contributed by atoms with Gasteiger partial charge >= 0.3 is 0 Å². The highest BCUT2D eigenvalue weighted by Crippen LogP contribution is 2.38. The number of ether oxygens (including phenoxy) is 1. The molecule has 0 aliphatic heterocycles. The molecule has 2 saturated carbocycles. The van der Waals surface area contributed by atoms with Gasteiger partial charge in [0.2, 0.25) is 11.8 Å². The molecule has 1 aromatic heterocycles. The van der Waals surface area contributed by atoms with Crippen LogP contribution in [-0.2, 0) is 17.8 Å². The Morgan fingerprint density at radius 3 is 2.53 bits per heavy atom. The first kappa shape index (κ1) is 20.7. The van der Waals surface area contributed by atoms with Crippen LogP contribution in [0.1, 0.15) is 50.3 Å². The number of carbonyl (C=O) groups excluding carboxylic acids is 1. The highest BCUT2D eigenvalue weighted by atomic mass is 19.1. The zero-order valence-electron chi connectivity index (χ0n) is 18.3. The number of nitrogens with zero attached hydrogens (tertiary/aromatic N) is 3. The molecule has 2 aliphatic carbocycles. The van der Waals surface area contributed by atoms with E-state index in [1.165, 1.54) is 12.1 Å². The molecule has 1 amide bonds. The van der Waals surface area contributed by atoms with Crippen molar-refractivity contribution in [1.29, 1.82) is 0 Å². The molecule has 2 aromatic carbocycles. The fourth-order valence-electron chi connectivity index (χ4n) is 4.25. The quantitative estimate of drug-likeness (QED) is 0.461. The molecule has 2 aliphatic rings. The highest BCUT2D eigenvalue weighted by Gasteiger charge is 2.39. The van der Waals surface area contributed by atoms with E-state index in [2.05, 4.69) is 6.92 Å². The molecule has 0 saturated heterocycles. The number of benzene rings is 2. The molecule has 0 radical (unpaired) electrons. The Labute approximate surface area is 187 Å². The van der Waals surface area contributed by atoms with Gasteiger partial charge in [-0.25, -0.2) is 9.07 Å². The lowest BCUT2D eigenvalue weighted by atomic mass is 9.84. The van der Waals surface area contributed by atoms with Crippen molar-refractivity contribution in [2.24, 2.45) is 5.92 Å². The molecule has 0 spiro atoms. The summed E-state index contributed by atoms with van der Waals surface area (Å²) in [6.45, 7) is 2.53. The molecule has 32 heavy (non-hydrogen) atoms. The molecule has 1 heterocycles. The third kappa shape index (κ3) is 4.14. The number of carbonyl (C=O) groups is 1. The van der Waals surface area contributed by atoms with Gasteiger partial charge in [-0.3, -0.25) is 4.79 Å². The second-order valence-corrected chi connectivity index (χ2v) is 8.72. The van der Waals surface area contributed by atoms with Gasteiger partial charge in [-0.2, -0.15) is 5.10 Å². The predicted molar refractivity (Wildman–Crippen MR) is 120 cm³/mol. The van der Waals surface area contributed by atoms with Crippen LogP contribution in [0, 0.1) is 11.7 Å². The largest absolute Gasteiger partial charge is 0.438 e. The number of halogens is 1. The Morgan fingerprint density at radius 2 is 1.91 bits per heavy atom. The second kappa shape index (κ2) is 8.77. The highest BCUT2D eigenvalue weighted by molar-refractivity contribution is 5.80. The standard InChI is InChI=1S/C26H28FN3O2/c1-2-24-23(17-29(20-14-15-20)25(31)18-8-6-9-18)26(32-22-13-7-10-19(27)16-22)30(28-24)21-11-4-3-5-12-21/h3-5,7,10-13,16,18,20H,2,6,8-9,14-15,17H2,1H3. The number of hydrogen-bond acceptors (Lipinski definition) is 3. The van der Waals surface area contributed by atoms with E-state index in [1.54, 1.807) is 16.8 Å². The topological polar surface area (TPSA) is 47.4 Å². The molecule has 166 valence electrons. The summed E-state index contributed by atoms with van der Waals surface area (Å²) in [5, 5.41) is 4.85. The summed E-state index contributed by atoms with van der Waals surface area (Å²) in [6, 6.07) is 16.2. The molecular weight excluding hydrogens is 405 g/mol. The Bertz CT molecular complexity index is 1100. The lowest BCUT2D eigenvalue weighted by molar-refractivity contribution is -0.139. The van der Waals surface area contributed by atoms with E-state index in [1.807, 2.05) is 35.2 Å². The fourth-order valence-corrected chi connectivity index (χ4v) is 4.25. The molecule has 3 aromatic rings. The van der Waals surface area contributed by atoms with E-state index in [0.717, 1.165) is 49.0 Å². The van der Waals surface area contributed by atoms with Gasteiger partial charge < -0.3 is 9.64 Å². The van der Waals surface area contributed by atoms with E-state index in [-0.39, 0.29) is 17.6 Å². The van der Waals surface area contributed by atoms with Gasteiger partial charge in [-0.1, -0.05) is 37.6 Å². The van der Waals surface area contributed by atoms with Gasteiger partial charge in [0, 0.05) is 18.0 Å². The van der Waals surface area contributed by atoms with Crippen molar-refractivity contribution in [2.45, 2.75) is 58.0 Å². The van der Waals surface area contributed by atoms with Gasteiger partial charge in [-0.15, -0.1) is 0 Å². The first-order chi connectivity index (χ1) is 15.6. The normalized spacial score (nSPS) is 15.9. The molecule has 2 fully saturated rings. The minimum atomic E-state index is -0.356. The van der Waals surface area contributed by atoms with Crippen LogP contribution in [0.15, 0.2) is 54.6 Å². The fraction of sp³-hybridized carbons (Fsp3) is 0.385. The van der Waals surface area contributed by atoms with Crippen LogP contribution in [0.2, 0.25) is 0 Å². The zero-order valence-corrected chi connectivity index (χ0v) is 18.3. The summed E-state index contributed by atoms with van der Waals surface area (Å²) in [7, 11) is 0. The molecule has 6 heteroatoms. The van der Waals surface area contributed by atoms with Crippen molar-refractivity contribution in [2.75, 3.05) is 0 Å². The summed E-state index contributed by atoms with van der Waals surface area (Å²) in [4.78, 5) is 15.2. The molecule has 0 unspecified atom stereocenters. The maximum Gasteiger partial charge on any atom is 0.227 e. The molecule has 0 N–H and O–H groups in total. The Balaban J connectivity index is 1.56. The van der Waals surface area contributed by atoms with Crippen molar-refractivity contribution in [3.63, 3.8) is 0 Å². The van der Waals surface area contributed by atoms with Crippen molar-refractivity contribution >= 4 is 5.91 Å². The summed E-state index contributed by atoms with van der Waals surface area (Å²) >= 11 is 0. The Hall–Kier alpha value is -3.15. The van der Waals surface area contributed by atoms with Crippen LogP contribution in [0.3, 0.4) is 0 Å². The average molecular weight is 434 g/mol. The van der Waals surface area contributed by atoms with Gasteiger partial charge in [0.15, 0.2) is 0 Å². The van der Waals surface area contributed by atoms with Crippen molar-refractivity contribution in [1.82, 2.24) is 14.7 Å². The lowest BCUT2D eigenvalue weighted by Gasteiger charge is -2.32. The van der Waals surface area contributed by atoms with Crippen LogP contribution in [0.25, 0.3) is 5.69 Å². The summed E-state index contributed by atoms with van der Waals surface area (Å²) in [5.74, 6) is 1.01. The summed E-state index contributed by atoms with van der Waals surface area (Å²) in [5.41, 5.74) is 2.66. The minimum absolute atomic E-state index is 0.150.